The molecular weight excluding hydrogens is 272 g/mol. The molecule has 1 unspecified atom stereocenters. The quantitative estimate of drug-likeness (QED) is 0.543. The third kappa shape index (κ3) is 9.28. The van der Waals surface area contributed by atoms with E-state index in [2.05, 4.69) is 19.2 Å². The summed E-state index contributed by atoms with van der Waals surface area (Å²) in [7, 11) is 1.57. The van der Waals surface area contributed by atoms with Crippen molar-refractivity contribution in [1.29, 1.82) is 0 Å². The first-order chi connectivity index (χ1) is 10.1. The zero-order chi connectivity index (χ0) is 16.1. The third-order valence-electron chi connectivity index (χ3n) is 3.29. The van der Waals surface area contributed by atoms with E-state index in [1.165, 1.54) is 0 Å². The van der Waals surface area contributed by atoms with Crippen LogP contribution in [0.2, 0.25) is 0 Å². The number of nitrogens with one attached hydrogen (secondary N) is 1. The minimum Gasteiger partial charge on any atom is -0.480 e. The summed E-state index contributed by atoms with van der Waals surface area (Å²) in [5.41, 5.74) is 0. The van der Waals surface area contributed by atoms with Crippen molar-refractivity contribution in [2.24, 2.45) is 0 Å². The number of unbranched alkanes of at least 4 members (excludes halogenated alkanes) is 2. The topological polar surface area (TPSA) is 78.9 Å². The van der Waals surface area contributed by atoms with Crippen molar-refractivity contribution >= 4 is 12.0 Å². The maximum atomic E-state index is 12.2. The van der Waals surface area contributed by atoms with E-state index < -0.39 is 12.0 Å². The fourth-order valence-electron chi connectivity index (χ4n) is 1.94. The van der Waals surface area contributed by atoms with Crippen LogP contribution in [0.15, 0.2) is 0 Å². The Balaban J connectivity index is 4.46. The number of ether oxygens (including phenoxy) is 1. The molecule has 0 aliphatic carbocycles. The molecule has 0 heterocycles. The summed E-state index contributed by atoms with van der Waals surface area (Å²) in [4.78, 5) is 25.2. The molecule has 0 aromatic rings. The molecule has 21 heavy (non-hydrogen) atoms. The molecule has 0 saturated heterocycles. The summed E-state index contributed by atoms with van der Waals surface area (Å²) in [6.45, 7) is 5.98. The Morgan fingerprint density at radius 3 is 2.14 bits per heavy atom. The number of amides is 2. The largest absolute Gasteiger partial charge is 0.480 e. The highest BCUT2D eigenvalue weighted by Gasteiger charge is 2.22. The van der Waals surface area contributed by atoms with E-state index in [-0.39, 0.29) is 6.03 Å². The lowest BCUT2D eigenvalue weighted by Gasteiger charge is -2.25. The van der Waals surface area contributed by atoms with E-state index in [0.717, 1.165) is 25.7 Å². The van der Waals surface area contributed by atoms with Crippen LogP contribution in [0, 0.1) is 0 Å². The highest BCUT2D eigenvalue weighted by molar-refractivity contribution is 5.82. The molecule has 6 nitrogen and oxygen atoms in total. The molecule has 0 aromatic carbocycles. The van der Waals surface area contributed by atoms with Crippen LogP contribution in [-0.2, 0) is 9.53 Å². The number of nitrogens with zero attached hydrogens (tertiary/aromatic N) is 1. The van der Waals surface area contributed by atoms with Crippen LogP contribution in [0.4, 0.5) is 4.79 Å². The second-order valence-electron chi connectivity index (χ2n) is 5.17. The van der Waals surface area contributed by atoms with Crippen molar-refractivity contribution in [3.63, 3.8) is 0 Å². The molecule has 0 aliphatic heterocycles. The summed E-state index contributed by atoms with van der Waals surface area (Å²) in [6, 6.07) is -1.12. The number of methoxy groups -OCH3 is 1. The van der Waals surface area contributed by atoms with Gasteiger partial charge in [0.25, 0.3) is 0 Å². The lowest BCUT2D eigenvalue weighted by molar-refractivity contribution is -0.139. The van der Waals surface area contributed by atoms with Crippen molar-refractivity contribution in [3.05, 3.63) is 0 Å². The van der Waals surface area contributed by atoms with Gasteiger partial charge in [-0.15, -0.1) is 0 Å². The number of carbonyl (C=O) groups excluding carboxylic acids is 1. The summed E-state index contributed by atoms with van der Waals surface area (Å²) >= 11 is 0. The Morgan fingerprint density at radius 2 is 1.71 bits per heavy atom. The van der Waals surface area contributed by atoms with Crippen LogP contribution in [-0.4, -0.2) is 54.9 Å². The molecule has 0 radical (unpaired) electrons. The first-order valence-corrected chi connectivity index (χ1v) is 7.83. The Kier molecular flexibility index (Phi) is 11.7. The van der Waals surface area contributed by atoms with Gasteiger partial charge in [-0.3, -0.25) is 0 Å². The molecule has 0 spiro atoms. The van der Waals surface area contributed by atoms with Crippen molar-refractivity contribution in [2.75, 3.05) is 26.8 Å². The highest BCUT2D eigenvalue weighted by atomic mass is 16.5. The van der Waals surface area contributed by atoms with Gasteiger partial charge in [0.2, 0.25) is 0 Å². The first-order valence-electron chi connectivity index (χ1n) is 7.83. The molecular formula is C15H30N2O4. The number of hydrogen-bond acceptors (Lipinski definition) is 3. The normalized spacial score (nSPS) is 12.0. The summed E-state index contributed by atoms with van der Waals surface area (Å²) in [6.07, 6.45) is 4.86. The van der Waals surface area contributed by atoms with Gasteiger partial charge in [-0.05, 0) is 25.7 Å². The average Bonchev–Trinajstić information content (AvgIpc) is 2.46. The van der Waals surface area contributed by atoms with E-state index in [1.54, 1.807) is 12.0 Å². The second-order valence-corrected chi connectivity index (χ2v) is 5.17. The minimum atomic E-state index is -0.995. The molecule has 2 N–H and O–H groups in total. The molecule has 124 valence electrons. The van der Waals surface area contributed by atoms with Crippen molar-refractivity contribution in [1.82, 2.24) is 10.2 Å². The second kappa shape index (κ2) is 12.4. The number of urea groups is 1. The summed E-state index contributed by atoms with van der Waals surface area (Å²) in [5.74, 6) is -0.995. The van der Waals surface area contributed by atoms with Crippen LogP contribution in [0.1, 0.15) is 52.4 Å². The third-order valence-corrected chi connectivity index (χ3v) is 3.29. The van der Waals surface area contributed by atoms with E-state index in [9.17, 15) is 14.7 Å². The van der Waals surface area contributed by atoms with Crippen LogP contribution in [0.5, 0.6) is 0 Å². The Morgan fingerprint density at radius 1 is 1.14 bits per heavy atom. The smallest absolute Gasteiger partial charge is 0.326 e. The first kappa shape index (κ1) is 19.7. The van der Waals surface area contributed by atoms with E-state index in [0.29, 0.717) is 32.5 Å². The van der Waals surface area contributed by atoms with Gasteiger partial charge >= 0.3 is 12.0 Å². The predicted octanol–water partition coefficient (Wildman–Crippen LogP) is 2.48. The fourth-order valence-corrected chi connectivity index (χ4v) is 1.94. The number of rotatable bonds is 12. The predicted molar refractivity (Wildman–Crippen MR) is 82.5 cm³/mol. The maximum Gasteiger partial charge on any atom is 0.326 e. The zero-order valence-electron chi connectivity index (χ0n) is 13.6. The van der Waals surface area contributed by atoms with Gasteiger partial charge in [-0.1, -0.05) is 26.7 Å². The number of aliphatic carboxylic acids is 1. The number of carboxylic acids is 1. The zero-order valence-corrected chi connectivity index (χ0v) is 13.6. The molecule has 0 aliphatic rings. The van der Waals surface area contributed by atoms with Crippen molar-refractivity contribution in [2.45, 2.75) is 58.4 Å². The van der Waals surface area contributed by atoms with Gasteiger partial charge in [-0.25, -0.2) is 9.59 Å². The van der Waals surface area contributed by atoms with Crippen LogP contribution in [0.25, 0.3) is 0 Å². The maximum absolute atomic E-state index is 12.2. The molecule has 0 saturated carbocycles. The molecule has 6 heteroatoms. The van der Waals surface area contributed by atoms with Gasteiger partial charge in [0.05, 0.1) is 0 Å². The van der Waals surface area contributed by atoms with E-state index in [1.807, 2.05) is 0 Å². The monoisotopic (exact) mass is 302 g/mol. The molecule has 0 rings (SSSR count). The van der Waals surface area contributed by atoms with Gasteiger partial charge < -0.3 is 20.1 Å². The summed E-state index contributed by atoms with van der Waals surface area (Å²) in [5, 5.41) is 11.8. The van der Waals surface area contributed by atoms with Gasteiger partial charge in [-0.2, -0.15) is 0 Å². The highest BCUT2D eigenvalue weighted by Crippen LogP contribution is 2.03. The Bertz CT molecular complexity index is 289. The Labute approximate surface area is 127 Å². The van der Waals surface area contributed by atoms with Crippen LogP contribution < -0.4 is 5.32 Å². The Hall–Kier alpha value is -1.30. The number of carboxylic acid groups (broad SMARTS) is 1. The van der Waals surface area contributed by atoms with Crippen molar-refractivity contribution in [3.8, 4) is 0 Å². The standard InChI is InChI=1S/C15H30N2O4/c1-4-6-10-17(11-7-5-2)15(20)16-13(14(18)19)9-8-12-21-3/h13H,4-12H2,1-3H3,(H,16,20)(H,18,19). The van der Waals surface area contributed by atoms with E-state index in [4.69, 9.17) is 4.74 Å². The minimum absolute atomic E-state index is 0.276. The average molecular weight is 302 g/mol. The molecule has 2 amide bonds. The lowest BCUT2D eigenvalue weighted by atomic mass is 10.1. The number of carbonyl (C=O) groups is 2. The van der Waals surface area contributed by atoms with E-state index >= 15 is 0 Å². The molecule has 0 fully saturated rings. The molecule has 0 aromatic heterocycles. The molecule has 0 bridgehead atoms. The summed E-state index contributed by atoms with van der Waals surface area (Å²) < 4.78 is 4.91. The molecule has 1 atom stereocenters. The van der Waals surface area contributed by atoms with Gasteiger partial charge in [0.1, 0.15) is 6.04 Å². The van der Waals surface area contributed by atoms with Crippen LogP contribution in [0.3, 0.4) is 0 Å². The van der Waals surface area contributed by atoms with Crippen molar-refractivity contribution < 1.29 is 19.4 Å². The fraction of sp³-hybridized carbons (Fsp3) is 0.867. The number of hydrogen-bond donors (Lipinski definition) is 2. The van der Waals surface area contributed by atoms with Crippen LogP contribution >= 0.6 is 0 Å². The SMILES string of the molecule is CCCCN(CCCC)C(=O)NC(CCCOC)C(=O)O. The van der Waals surface area contributed by atoms with Gasteiger partial charge in [0.15, 0.2) is 0 Å². The lowest BCUT2D eigenvalue weighted by Crippen LogP contribution is -2.48. The van der Waals surface area contributed by atoms with Gasteiger partial charge in [0, 0.05) is 26.8 Å².